The van der Waals surface area contributed by atoms with Gasteiger partial charge in [0.1, 0.15) is 11.5 Å². The molecule has 3 aromatic rings. The molecular weight excluding hydrogens is 318 g/mol. The molecule has 128 valence electrons. The van der Waals surface area contributed by atoms with Gasteiger partial charge < -0.3 is 14.1 Å². The van der Waals surface area contributed by atoms with Crippen molar-refractivity contribution in [3.63, 3.8) is 0 Å². The Balaban J connectivity index is 1.54. The van der Waals surface area contributed by atoms with Crippen LogP contribution in [-0.2, 0) is 4.79 Å². The van der Waals surface area contributed by atoms with Gasteiger partial charge in [-0.25, -0.2) is 5.43 Å². The molecule has 0 aliphatic rings. The van der Waals surface area contributed by atoms with Crippen molar-refractivity contribution in [2.24, 2.45) is 5.10 Å². The van der Waals surface area contributed by atoms with Crippen LogP contribution in [0.4, 0.5) is 5.88 Å². The van der Waals surface area contributed by atoms with Crippen molar-refractivity contribution in [3.05, 3.63) is 60.4 Å². The minimum atomic E-state index is -0.344. The van der Waals surface area contributed by atoms with Crippen LogP contribution in [-0.4, -0.2) is 32.8 Å². The van der Waals surface area contributed by atoms with E-state index in [4.69, 9.17) is 9.15 Å². The number of rotatable bonds is 6. The van der Waals surface area contributed by atoms with Gasteiger partial charge >= 0.3 is 0 Å². The summed E-state index contributed by atoms with van der Waals surface area (Å²) in [6.07, 6.45) is 1.45. The Kier molecular flexibility index (Phi) is 4.99. The predicted molar refractivity (Wildman–Crippen MR) is 98.2 cm³/mol. The fraction of sp³-hybridized carbons (Fsp3) is 0.158. The Morgan fingerprint density at radius 1 is 1.16 bits per heavy atom. The van der Waals surface area contributed by atoms with Crippen molar-refractivity contribution in [2.75, 3.05) is 25.6 Å². The zero-order chi connectivity index (χ0) is 17.6. The lowest BCUT2D eigenvalue weighted by Crippen LogP contribution is -2.24. The topological polar surface area (TPSA) is 67.1 Å². The average molecular weight is 337 g/mol. The van der Waals surface area contributed by atoms with E-state index in [1.54, 1.807) is 6.07 Å². The number of hydrazone groups is 1. The summed E-state index contributed by atoms with van der Waals surface area (Å²) < 4.78 is 11.1. The lowest BCUT2D eigenvalue weighted by Gasteiger charge is -2.08. The van der Waals surface area contributed by atoms with E-state index in [-0.39, 0.29) is 12.5 Å². The summed E-state index contributed by atoms with van der Waals surface area (Å²) in [6, 6.07) is 17.2. The van der Waals surface area contributed by atoms with Gasteiger partial charge in [0, 0.05) is 25.5 Å². The monoisotopic (exact) mass is 337 g/mol. The van der Waals surface area contributed by atoms with Crippen LogP contribution in [0.1, 0.15) is 5.76 Å². The first-order valence-electron chi connectivity index (χ1n) is 7.83. The van der Waals surface area contributed by atoms with E-state index in [1.807, 2.05) is 67.5 Å². The number of nitrogens with zero attached hydrogens (tertiary/aromatic N) is 2. The van der Waals surface area contributed by atoms with Crippen LogP contribution in [0.15, 0.2) is 64.1 Å². The van der Waals surface area contributed by atoms with Crippen molar-refractivity contribution in [1.82, 2.24) is 5.43 Å². The van der Waals surface area contributed by atoms with Gasteiger partial charge in [-0.15, -0.1) is 0 Å². The fourth-order valence-electron chi connectivity index (χ4n) is 2.32. The van der Waals surface area contributed by atoms with Gasteiger partial charge in [-0.3, -0.25) is 4.79 Å². The lowest BCUT2D eigenvalue weighted by atomic mass is 10.1. The number of furan rings is 1. The molecule has 0 aliphatic carbocycles. The van der Waals surface area contributed by atoms with Gasteiger partial charge in [0.2, 0.25) is 0 Å². The van der Waals surface area contributed by atoms with Gasteiger partial charge in [-0.1, -0.05) is 36.4 Å². The number of carbonyl (C=O) groups is 1. The van der Waals surface area contributed by atoms with Crippen LogP contribution in [0.3, 0.4) is 0 Å². The highest BCUT2D eigenvalue weighted by molar-refractivity contribution is 5.88. The minimum absolute atomic E-state index is 0.119. The first-order chi connectivity index (χ1) is 12.1. The second-order valence-electron chi connectivity index (χ2n) is 5.63. The molecule has 0 fully saturated rings. The number of hydrogen-bond acceptors (Lipinski definition) is 5. The number of hydrogen-bond donors (Lipinski definition) is 1. The minimum Gasteiger partial charge on any atom is -0.483 e. The molecule has 0 atom stereocenters. The Morgan fingerprint density at radius 3 is 2.76 bits per heavy atom. The first-order valence-corrected chi connectivity index (χ1v) is 7.83. The van der Waals surface area contributed by atoms with Gasteiger partial charge in [0.15, 0.2) is 12.5 Å². The summed E-state index contributed by atoms with van der Waals surface area (Å²) in [6.45, 7) is -0.119. The van der Waals surface area contributed by atoms with Crippen LogP contribution in [0.2, 0.25) is 0 Å². The van der Waals surface area contributed by atoms with Crippen LogP contribution in [0, 0.1) is 0 Å². The van der Waals surface area contributed by atoms with E-state index in [9.17, 15) is 4.79 Å². The van der Waals surface area contributed by atoms with E-state index in [2.05, 4.69) is 10.5 Å². The maximum absolute atomic E-state index is 11.9. The molecule has 0 radical (unpaired) electrons. The van der Waals surface area contributed by atoms with Crippen LogP contribution < -0.4 is 15.1 Å². The van der Waals surface area contributed by atoms with Crippen LogP contribution in [0.5, 0.6) is 5.75 Å². The zero-order valence-electron chi connectivity index (χ0n) is 14.1. The molecule has 1 heterocycles. The molecular formula is C19H19N3O3. The molecule has 0 unspecified atom stereocenters. The zero-order valence-corrected chi connectivity index (χ0v) is 14.1. The smallest absolute Gasteiger partial charge is 0.277 e. The van der Waals surface area contributed by atoms with E-state index in [1.165, 1.54) is 6.21 Å². The molecule has 25 heavy (non-hydrogen) atoms. The van der Waals surface area contributed by atoms with E-state index >= 15 is 0 Å². The van der Waals surface area contributed by atoms with E-state index < -0.39 is 0 Å². The SMILES string of the molecule is CN(C)c1ccc(/C=N/NC(=O)COc2cccc3ccccc23)o1. The predicted octanol–water partition coefficient (Wildman–Crippen LogP) is 3.03. The van der Waals surface area contributed by atoms with Gasteiger partial charge in [-0.05, 0) is 17.5 Å². The summed E-state index contributed by atoms with van der Waals surface area (Å²) in [5, 5.41) is 5.90. The van der Waals surface area contributed by atoms with Crippen molar-refractivity contribution < 1.29 is 13.9 Å². The van der Waals surface area contributed by atoms with Crippen LogP contribution in [0.25, 0.3) is 10.8 Å². The number of anilines is 1. The molecule has 0 saturated heterocycles. The molecule has 0 aliphatic heterocycles. The maximum Gasteiger partial charge on any atom is 0.277 e. The van der Waals surface area contributed by atoms with E-state index in [0.717, 1.165) is 10.8 Å². The number of benzene rings is 2. The molecule has 0 spiro atoms. The van der Waals surface area contributed by atoms with Gasteiger partial charge in [-0.2, -0.15) is 5.10 Å². The molecule has 1 amide bonds. The third kappa shape index (κ3) is 4.17. The van der Waals surface area contributed by atoms with Crippen molar-refractivity contribution in [3.8, 4) is 5.75 Å². The number of nitrogens with one attached hydrogen (secondary N) is 1. The maximum atomic E-state index is 11.9. The summed E-state index contributed by atoms with van der Waals surface area (Å²) in [5.41, 5.74) is 2.42. The van der Waals surface area contributed by atoms with Crippen molar-refractivity contribution in [2.45, 2.75) is 0 Å². The van der Waals surface area contributed by atoms with E-state index in [0.29, 0.717) is 17.4 Å². The Bertz CT molecular complexity index is 894. The summed E-state index contributed by atoms with van der Waals surface area (Å²) in [7, 11) is 3.76. The molecule has 1 aromatic heterocycles. The highest BCUT2D eigenvalue weighted by atomic mass is 16.5. The third-order valence-corrected chi connectivity index (χ3v) is 3.54. The number of fused-ring (bicyclic) bond motifs is 1. The Hall–Kier alpha value is -3.28. The number of amides is 1. The normalized spacial score (nSPS) is 11.0. The average Bonchev–Trinajstić information content (AvgIpc) is 3.09. The summed E-state index contributed by atoms with van der Waals surface area (Å²) >= 11 is 0. The van der Waals surface area contributed by atoms with Crippen LogP contribution >= 0.6 is 0 Å². The third-order valence-electron chi connectivity index (χ3n) is 3.54. The number of ether oxygens (including phenoxy) is 1. The van der Waals surface area contributed by atoms with Gasteiger partial charge in [0.25, 0.3) is 5.91 Å². The Morgan fingerprint density at radius 2 is 1.96 bits per heavy atom. The summed E-state index contributed by atoms with van der Waals surface area (Å²) in [5.74, 6) is 1.59. The molecule has 0 saturated carbocycles. The molecule has 1 N–H and O–H groups in total. The van der Waals surface area contributed by atoms with Crippen molar-refractivity contribution in [1.29, 1.82) is 0 Å². The molecule has 6 heteroatoms. The largest absolute Gasteiger partial charge is 0.483 e. The van der Waals surface area contributed by atoms with Gasteiger partial charge in [0.05, 0.1) is 6.21 Å². The fourth-order valence-corrected chi connectivity index (χ4v) is 2.32. The highest BCUT2D eigenvalue weighted by Gasteiger charge is 2.05. The lowest BCUT2D eigenvalue weighted by molar-refractivity contribution is -0.123. The second-order valence-corrected chi connectivity index (χ2v) is 5.63. The molecule has 3 rings (SSSR count). The van der Waals surface area contributed by atoms with Crippen molar-refractivity contribution >= 4 is 28.8 Å². The first kappa shape index (κ1) is 16.6. The standard InChI is InChI=1S/C19H19N3O3/c1-22(2)19-11-10-15(25-19)12-20-21-18(23)13-24-17-9-5-7-14-6-3-4-8-16(14)17/h3-12H,13H2,1-2H3,(H,21,23)/b20-12+. The molecule has 2 aromatic carbocycles. The second kappa shape index (κ2) is 7.53. The molecule has 0 bridgehead atoms. The quantitative estimate of drug-likeness (QED) is 0.554. The molecule has 6 nitrogen and oxygen atoms in total. The highest BCUT2D eigenvalue weighted by Crippen LogP contribution is 2.24. The number of carbonyl (C=O) groups excluding carboxylic acids is 1. The summed E-state index contributed by atoms with van der Waals surface area (Å²) in [4.78, 5) is 13.7. The Labute approximate surface area is 145 Å².